The minimum Gasteiger partial charge on any atom is -0.417 e. The van der Waals surface area contributed by atoms with Crippen molar-refractivity contribution in [3.63, 3.8) is 0 Å². The van der Waals surface area contributed by atoms with E-state index in [-0.39, 0.29) is 20.5 Å². The van der Waals surface area contributed by atoms with Crippen LogP contribution in [0.2, 0.25) is 73.4 Å². The highest BCUT2D eigenvalue weighted by molar-refractivity contribution is 6.87. The molecule has 0 aromatic heterocycles. The predicted octanol–water partition coefficient (Wildman–Crippen LogP) is 11.3. The summed E-state index contributed by atoms with van der Waals surface area (Å²) in [5.41, 5.74) is -0.0000811. The standard InChI is InChI=1S/C33H72BO3Si3/c1-30(2,3)22-26-34(23-19-27-35-38(13,14)31(4,5)6,24-20-28-36-39(15,16)32(7,8)9)25-21-29-37-40(17,18)33(10,11)12/h19-21,23-25,27-29H2,1-18H3/q-1. The van der Waals surface area contributed by atoms with Gasteiger partial charge < -0.3 is 19.1 Å². The van der Waals surface area contributed by atoms with Gasteiger partial charge in [0.1, 0.15) is 0 Å². The fourth-order valence-electron chi connectivity index (χ4n) is 4.07. The first kappa shape index (κ1) is 40.2. The highest BCUT2D eigenvalue weighted by Crippen LogP contribution is 2.39. The molecule has 0 fully saturated rings. The van der Waals surface area contributed by atoms with Gasteiger partial charge in [0.25, 0.3) is 0 Å². The number of hydrogen-bond donors (Lipinski definition) is 0. The van der Waals surface area contributed by atoms with Crippen molar-refractivity contribution in [1.29, 1.82) is 0 Å². The first-order chi connectivity index (χ1) is 17.6. The maximum Gasteiger partial charge on any atom is 0.191 e. The van der Waals surface area contributed by atoms with Crippen molar-refractivity contribution >= 4 is 31.1 Å². The minimum absolute atomic E-state index is 0.0000811. The Hall–Kier alpha value is 0.156. The average Bonchev–Trinajstić information content (AvgIpc) is 2.72. The second-order valence-corrected chi connectivity index (χ2v) is 32.7. The summed E-state index contributed by atoms with van der Waals surface area (Å²) in [7, 11) is -5.25. The van der Waals surface area contributed by atoms with E-state index in [1.54, 1.807) is 0 Å². The Labute approximate surface area is 256 Å². The van der Waals surface area contributed by atoms with Gasteiger partial charge in [-0.2, -0.15) is 19.0 Å². The van der Waals surface area contributed by atoms with Crippen molar-refractivity contribution < 1.29 is 13.3 Å². The van der Waals surface area contributed by atoms with E-state index in [4.69, 9.17) is 13.3 Å². The lowest BCUT2D eigenvalue weighted by Gasteiger charge is -2.40. The van der Waals surface area contributed by atoms with Gasteiger partial charge in [-0.1, -0.05) is 81.6 Å². The first-order valence-corrected chi connectivity index (χ1v) is 25.0. The molecule has 0 atom stereocenters. The average molecular weight is 612 g/mol. The van der Waals surface area contributed by atoms with Crippen molar-refractivity contribution in [3.05, 3.63) is 0 Å². The van der Waals surface area contributed by atoms with Gasteiger partial charge >= 0.3 is 0 Å². The third-order valence-electron chi connectivity index (χ3n) is 10.3. The molecule has 0 unspecified atom stereocenters. The molecule has 0 N–H and O–H groups in total. The molecule has 0 saturated heterocycles. The van der Waals surface area contributed by atoms with Crippen LogP contribution in [-0.4, -0.2) is 50.9 Å². The van der Waals surface area contributed by atoms with E-state index in [0.29, 0.717) is 0 Å². The van der Waals surface area contributed by atoms with Gasteiger partial charge in [0.15, 0.2) is 25.0 Å². The molecular weight excluding hydrogens is 539 g/mol. The molecule has 0 aliphatic heterocycles. The van der Waals surface area contributed by atoms with Crippen LogP contribution in [0.3, 0.4) is 0 Å². The molecule has 0 heterocycles. The van der Waals surface area contributed by atoms with Crippen LogP contribution in [0.1, 0.15) is 102 Å². The van der Waals surface area contributed by atoms with E-state index >= 15 is 0 Å². The van der Waals surface area contributed by atoms with Gasteiger partial charge in [0.2, 0.25) is 0 Å². The topological polar surface area (TPSA) is 27.7 Å². The van der Waals surface area contributed by atoms with Crippen molar-refractivity contribution in [3.8, 4) is 11.7 Å². The second kappa shape index (κ2) is 14.8. The smallest absolute Gasteiger partial charge is 0.191 e. The third kappa shape index (κ3) is 14.1. The molecule has 0 aromatic rings. The van der Waals surface area contributed by atoms with Crippen LogP contribution in [0.4, 0.5) is 0 Å². The summed E-state index contributed by atoms with van der Waals surface area (Å²) in [5.74, 6) is 7.63. The van der Waals surface area contributed by atoms with E-state index in [1.165, 1.54) is 0 Å². The molecule has 0 saturated carbocycles. The molecule has 0 bridgehead atoms. The van der Waals surface area contributed by atoms with Crippen LogP contribution in [0, 0.1) is 17.2 Å². The highest BCUT2D eigenvalue weighted by atomic mass is 28.4. The Morgan fingerprint density at radius 3 is 0.925 bits per heavy atom. The molecule has 0 rings (SSSR count). The van der Waals surface area contributed by atoms with Crippen molar-refractivity contribution in [2.24, 2.45) is 5.41 Å². The minimum atomic E-state index is -1.75. The van der Waals surface area contributed by atoms with E-state index < -0.39 is 31.1 Å². The zero-order valence-corrected chi connectivity index (χ0v) is 33.7. The van der Waals surface area contributed by atoms with Gasteiger partial charge in [-0.15, -0.1) is 5.92 Å². The number of hydrogen-bond acceptors (Lipinski definition) is 3. The highest BCUT2D eigenvalue weighted by Gasteiger charge is 2.39. The molecule has 0 amide bonds. The van der Waals surface area contributed by atoms with Crippen LogP contribution in [0.15, 0.2) is 0 Å². The molecular formula is C33H72BO3Si3-. The van der Waals surface area contributed by atoms with Crippen molar-refractivity contribution in [2.75, 3.05) is 19.8 Å². The van der Waals surface area contributed by atoms with Crippen LogP contribution < -0.4 is 0 Å². The molecule has 0 aliphatic carbocycles. The Bertz CT molecular complexity index is 730. The molecule has 0 spiro atoms. The van der Waals surface area contributed by atoms with E-state index in [9.17, 15) is 0 Å². The SMILES string of the molecule is CC(C)(C)C#C[B-](CCCO[Si](C)(C)C(C)(C)C)(CCCO[Si](C)(C)C(C)(C)C)CCCO[Si](C)(C)C(C)(C)C. The molecule has 3 nitrogen and oxygen atoms in total. The fraction of sp³-hybridized carbons (Fsp3) is 0.939. The summed E-state index contributed by atoms with van der Waals surface area (Å²) in [6, 6.07) is 0. The van der Waals surface area contributed by atoms with E-state index in [2.05, 4.69) is 134 Å². The predicted molar refractivity (Wildman–Crippen MR) is 191 cm³/mol. The monoisotopic (exact) mass is 611 g/mol. The molecule has 40 heavy (non-hydrogen) atoms. The van der Waals surface area contributed by atoms with Crippen LogP contribution >= 0.6 is 0 Å². The summed E-state index contributed by atoms with van der Waals surface area (Å²) < 4.78 is 19.8. The van der Waals surface area contributed by atoms with Gasteiger partial charge in [-0.05, 0) is 75.2 Å². The maximum atomic E-state index is 6.61. The Balaban J connectivity index is 5.82. The first-order valence-electron chi connectivity index (χ1n) is 16.2. The van der Waals surface area contributed by atoms with Crippen LogP contribution in [0.5, 0.6) is 0 Å². The largest absolute Gasteiger partial charge is 0.417 e. The second-order valence-electron chi connectivity index (χ2n) is 18.3. The normalized spacial score (nSPS) is 14.8. The molecule has 0 aliphatic rings. The summed E-state index contributed by atoms with van der Waals surface area (Å²) in [6.45, 7) is 44.4. The Morgan fingerprint density at radius 1 is 0.475 bits per heavy atom. The van der Waals surface area contributed by atoms with Crippen molar-refractivity contribution in [2.45, 2.75) is 176 Å². The Kier molecular flexibility index (Phi) is 14.8. The van der Waals surface area contributed by atoms with Crippen LogP contribution in [-0.2, 0) is 13.3 Å². The van der Waals surface area contributed by atoms with Gasteiger partial charge in [0, 0.05) is 25.2 Å². The summed E-state index contributed by atoms with van der Waals surface area (Å²) in [6.07, 6.45) is 5.79. The molecule has 7 heteroatoms. The molecule has 0 radical (unpaired) electrons. The maximum absolute atomic E-state index is 6.61. The summed E-state index contributed by atoms with van der Waals surface area (Å²) in [5, 5.41) is 0.719. The lowest BCUT2D eigenvalue weighted by atomic mass is 9.19. The lowest BCUT2D eigenvalue weighted by molar-refractivity contribution is 0.282. The fourth-order valence-corrected chi connectivity index (χ4v) is 7.34. The van der Waals surface area contributed by atoms with E-state index in [1.807, 2.05) is 0 Å². The Morgan fingerprint density at radius 2 is 0.725 bits per heavy atom. The van der Waals surface area contributed by atoms with Crippen LogP contribution in [0.25, 0.3) is 0 Å². The van der Waals surface area contributed by atoms with Crippen molar-refractivity contribution in [1.82, 2.24) is 0 Å². The summed E-state index contributed by atoms with van der Waals surface area (Å²) >= 11 is 0. The zero-order valence-electron chi connectivity index (χ0n) is 30.7. The lowest BCUT2D eigenvalue weighted by Crippen LogP contribution is -2.42. The quantitative estimate of drug-likeness (QED) is 0.105. The molecule has 238 valence electrons. The van der Waals surface area contributed by atoms with Gasteiger partial charge in [-0.25, -0.2) is 0 Å². The number of rotatable bonds is 15. The van der Waals surface area contributed by atoms with Gasteiger partial charge in [0.05, 0.1) is 6.15 Å². The zero-order chi connectivity index (χ0) is 31.9. The molecule has 0 aromatic carbocycles. The van der Waals surface area contributed by atoms with E-state index in [0.717, 1.165) is 58.0 Å². The van der Waals surface area contributed by atoms with Gasteiger partial charge in [-0.3, -0.25) is 0 Å². The summed E-state index contributed by atoms with van der Waals surface area (Å²) in [4.78, 5) is 0. The third-order valence-corrected chi connectivity index (χ3v) is 23.9.